The van der Waals surface area contributed by atoms with Gasteiger partial charge in [0.1, 0.15) is 0 Å². The average Bonchev–Trinajstić information content (AvgIpc) is 2.98. The first-order chi connectivity index (χ1) is 9.38. The molecule has 0 amide bonds. The lowest BCUT2D eigenvalue weighted by Gasteiger charge is -2.04. The predicted octanol–water partition coefficient (Wildman–Crippen LogP) is 0.325. The summed E-state index contributed by atoms with van der Waals surface area (Å²) >= 11 is 1.09. The van der Waals surface area contributed by atoms with Crippen molar-refractivity contribution in [1.29, 1.82) is 0 Å². The van der Waals surface area contributed by atoms with Gasteiger partial charge in [0.25, 0.3) is 10.0 Å². The summed E-state index contributed by atoms with van der Waals surface area (Å²) in [6, 6.07) is 0. The number of hydrogen-bond donors (Lipinski definition) is 2. The molecule has 2 aromatic rings. The van der Waals surface area contributed by atoms with Crippen molar-refractivity contribution < 1.29 is 18.3 Å². The maximum atomic E-state index is 11.9. The minimum atomic E-state index is -3.56. The van der Waals surface area contributed by atoms with Gasteiger partial charge in [-0.3, -0.25) is 0 Å². The minimum absolute atomic E-state index is 0.0778. The van der Waals surface area contributed by atoms with Gasteiger partial charge in [-0.05, 0) is 6.92 Å². The molecular weight excluding hydrogens is 304 g/mol. The van der Waals surface area contributed by atoms with E-state index in [1.165, 1.54) is 23.3 Å². The number of carboxylic acids is 1. The summed E-state index contributed by atoms with van der Waals surface area (Å²) in [4.78, 5) is 18.2. The fourth-order valence-electron chi connectivity index (χ4n) is 1.44. The first-order valence-electron chi connectivity index (χ1n) is 5.55. The lowest BCUT2D eigenvalue weighted by Crippen LogP contribution is -2.26. The summed E-state index contributed by atoms with van der Waals surface area (Å²) in [5, 5.41) is 9.38. The number of aromatic carboxylic acids is 1. The monoisotopic (exact) mass is 316 g/mol. The summed E-state index contributed by atoms with van der Waals surface area (Å²) in [6.45, 7) is 2.15. The summed E-state index contributed by atoms with van der Waals surface area (Å²) in [6.07, 6.45) is 3.99. The van der Waals surface area contributed by atoms with E-state index in [1.54, 1.807) is 6.92 Å². The van der Waals surface area contributed by atoms with Crippen molar-refractivity contribution in [2.24, 2.45) is 0 Å². The topological polar surface area (TPSA) is 114 Å². The molecule has 0 saturated carbocycles. The molecule has 0 spiro atoms. The zero-order chi connectivity index (χ0) is 14.8. The summed E-state index contributed by atoms with van der Waals surface area (Å²) in [7, 11) is -3.56. The molecular formula is C10H12N4O4S2. The van der Waals surface area contributed by atoms with Gasteiger partial charge in [0.15, 0.2) is 9.90 Å². The van der Waals surface area contributed by atoms with E-state index >= 15 is 0 Å². The Morgan fingerprint density at radius 3 is 2.80 bits per heavy atom. The van der Waals surface area contributed by atoms with Crippen molar-refractivity contribution in [2.45, 2.75) is 17.7 Å². The smallest absolute Gasteiger partial charge is 0.356 e. The number of thiazole rings is 1. The quantitative estimate of drug-likeness (QED) is 0.793. The largest absolute Gasteiger partial charge is 0.476 e. The number of aromatic nitrogens is 3. The SMILES string of the molecule is Cc1ncc(S(=O)(=O)NCCn2cnc(C(=O)O)c2)s1. The van der Waals surface area contributed by atoms with Crippen LogP contribution in [0.15, 0.2) is 22.9 Å². The zero-order valence-corrected chi connectivity index (χ0v) is 12.1. The van der Waals surface area contributed by atoms with Gasteiger partial charge in [0.05, 0.1) is 17.5 Å². The fourth-order valence-corrected chi connectivity index (χ4v) is 3.61. The van der Waals surface area contributed by atoms with Crippen LogP contribution in [0.4, 0.5) is 0 Å². The molecule has 10 heteroatoms. The van der Waals surface area contributed by atoms with Gasteiger partial charge in [-0.25, -0.2) is 27.9 Å². The van der Waals surface area contributed by atoms with Gasteiger partial charge in [-0.15, -0.1) is 11.3 Å². The number of sulfonamides is 1. The minimum Gasteiger partial charge on any atom is -0.476 e. The highest BCUT2D eigenvalue weighted by molar-refractivity contribution is 7.91. The third-order valence-electron chi connectivity index (χ3n) is 2.38. The van der Waals surface area contributed by atoms with Crippen LogP contribution in [0.3, 0.4) is 0 Å². The molecule has 0 aromatic carbocycles. The second-order valence-corrected chi connectivity index (χ2v) is 7.13. The van der Waals surface area contributed by atoms with Crippen LogP contribution in [-0.4, -0.2) is 40.6 Å². The number of carbonyl (C=O) groups is 1. The normalized spacial score (nSPS) is 11.7. The molecule has 0 aliphatic rings. The molecule has 0 saturated heterocycles. The molecule has 0 bridgehead atoms. The van der Waals surface area contributed by atoms with E-state index < -0.39 is 16.0 Å². The van der Waals surface area contributed by atoms with E-state index in [0.717, 1.165) is 11.3 Å². The van der Waals surface area contributed by atoms with Crippen LogP contribution in [-0.2, 0) is 16.6 Å². The highest BCUT2D eigenvalue weighted by atomic mass is 32.2. The zero-order valence-electron chi connectivity index (χ0n) is 10.5. The second-order valence-electron chi connectivity index (χ2n) is 3.90. The molecule has 2 aromatic heterocycles. The molecule has 108 valence electrons. The third kappa shape index (κ3) is 3.40. The molecule has 2 N–H and O–H groups in total. The van der Waals surface area contributed by atoms with E-state index in [0.29, 0.717) is 5.01 Å². The number of nitrogens with zero attached hydrogens (tertiary/aromatic N) is 3. The fraction of sp³-hybridized carbons (Fsp3) is 0.300. The summed E-state index contributed by atoms with van der Waals surface area (Å²) in [5.74, 6) is -1.12. The highest BCUT2D eigenvalue weighted by Crippen LogP contribution is 2.17. The molecule has 0 aliphatic carbocycles. The standard InChI is InChI=1S/C10H12N4O4S2/c1-7-11-4-9(19-7)20(17,18)13-2-3-14-5-8(10(15)16)12-6-14/h4-6,13H,2-3H2,1H3,(H,15,16). The molecule has 0 atom stereocenters. The van der Waals surface area contributed by atoms with Crippen molar-refractivity contribution in [2.75, 3.05) is 6.54 Å². The Morgan fingerprint density at radius 1 is 1.50 bits per heavy atom. The molecule has 0 unspecified atom stereocenters. The Bertz CT molecular complexity index is 719. The lowest BCUT2D eigenvalue weighted by molar-refractivity contribution is 0.0691. The van der Waals surface area contributed by atoms with Crippen LogP contribution in [0.5, 0.6) is 0 Å². The van der Waals surface area contributed by atoms with Crippen LogP contribution in [0.2, 0.25) is 0 Å². The number of rotatable bonds is 6. The lowest BCUT2D eigenvalue weighted by atomic mass is 10.5. The number of hydrogen-bond acceptors (Lipinski definition) is 6. The maximum absolute atomic E-state index is 11.9. The Kier molecular flexibility index (Phi) is 4.16. The second kappa shape index (κ2) is 5.69. The number of carboxylic acid groups (broad SMARTS) is 1. The predicted molar refractivity (Wildman–Crippen MR) is 71.2 cm³/mol. The summed E-state index contributed by atoms with van der Waals surface area (Å²) < 4.78 is 27.9. The van der Waals surface area contributed by atoms with Crippen LogP contribution >= 0.6 is 11.3 Å². The molecule has 0 fully saturated rings. The summed E-state index contributed by atoms with van der Waals surface area (Å²) in [5.41, 5.74) is -0.0778. The molecule has 0 aliphatic heterocycles. The van der Waals surface area contributed by atoms with E-state index in [9.17, 15) is 13.2 Å². The first-order valence-corrected chi connectivity index (χ1v) is 7.85. The third-order valence-corrected chi connectivity index (χ3v) is 5.21. The van der Waals surface area contributed by atoms with Gasteiger partial charge in [-0.1, -0.05) is 0 Å². The van der Waals surface area contributed by atoms with Crippen molar-refractivity contribution >= 4 is 27.3 Å². The molecule has 20 heavy (non-hydrogen) atoms. The van der Waals surface area contributed by atoms with Crippen LogP contribution < -0.4 is 4.72 Å². The highest BCUT2D eigenvalue weighted by Gasteiger charge is 2.16. The van der Waals surface area contributed by atoms with Crippen molar-refractivity contribution in [3.63, 3.8) is 0 Å². The Morgan fingerprint density at radius 2 is 2.25 bits per heavy atom. The Labute approximate surface area is 119 Å². The Hall–Kier alpha value is -1.78. The molecule has 2 rings (SSSR count). The average molecular weight is 316 g/mol. The van der Waals surface area contributed by atoms with E-state index in [1.807, 2.05) is 0 Å². The van der Waals surface area contributed by atoms with Crippen molar-refractivity contribution in [3.05, 3.63) is 29.4 Å². The first kappa shape index (κ1) is 14.6. The van der Waals surface area contributed by atoms with Crippen molar-refractivity contribution in [1.82, 2.24) is 19.3 Å². The van der Waals surface area contributed by atoms with Gasteiger partial charge in [-0.2, -0.15) is 0 Å². The van der Waals surface area contributed by atoms with Gasteiger partial charge < -0.3 is 9.67 Å². The van der Waals surface area contributed by atoms with Gasteiger partial charge in [0.2, 0.25) is 0 Å². The number of aryl methyl sites for hydroxylation is 1. The van der Waals surface area contributed by atoms with Gasteiger partial charge >= 0.3 is 5.97 Å². The van der Waals surface area contributed by atoms with E-state index in [2.05, 4.69) is 14.7 Å². The number of nitrogens with one attached hydrogen (secondary N) is 1. The molecule has 2 heterocycles. The van der Waals surface area contributed by atoms with Crippen LogP contribution in [0.25, 0.3) is 0 Å². The van der Waals surface area contributed by atoms with E-state index in [4.69, 9.17) is 5.11 Å². The van der Waals surface area contributed by atoms with Crippen LogP contribution in [0, 0.1) is 6.92 Å². The molecule has 0 radical (unpaired) electrons. The van der Waals surface area contributed by atoms with Crippen LogP contribution in [0.1, 0.15) is 15.5 Å². The number of imidazole rings is 1. The van der Waals surface area contributed by atoms with Crippen molar-refractivity contribution in [3.8, 4) is 0 Å². The van der Waals surface area contributed by atoms with Gasteiger partial charge in [0, 0.05) is 19.3 Å². The van der Waals surface area contributed by atoms with E-state index in [-0.39, 0.29) is 23.0 Å². The Balaban J connectivity index is 1.93. The molecule has 8 nitrogen and oxygen atoms in total. The maximum Gasteiger partial charge on any atom is 0.356 e.